The molecule has 0 bridgehead atoms. The smallest absolute Gasteiger partial charge is 1.00 e. The van der Waals surface area contributed by atoms with Crippen LogP contribution in [0.1, 0.15) is 25.1 Å². The van der Waals surface area contributed by atoms with Crippen molar-refractivity contribution in [3.8, 4) is 0 Å². The van der Waals surface area contributed by atoms with Crippen molar-refractivity contribution in [2.24, 2.45) is 0 Å². The second-order valence-corrected chi connectivity index (χ2v) is 4.92. The number of alkyl halides is 2. The van der Waals surface area contributed by atoms with Gasteiger partial charge in [-0.1, -0.05) is 0 Å². The molecule has 6 nitrogen and oxygen atoms in total. The minimum atomic E-state index is -3.11. The Kier molecular flexibility index (Phi) is 5.91. The summed E-state index contributed by atoms with van der Waals surface area (Å²) >= 11 is 0. The summed E-state index contributed by atoms with van der Waals surface area (Å²) in [7, 11) is 0. The van der Waals surface area contributed by atoms with Gasteiger partial charge in [-0.15, -0.1) is 0 Å². The fourth-order valence-electron chi connectivity index (χ4n) is 2.21. The number of rotatable bonds is 3. The molecule has 0 radical (unpaired) electrons. The van der Waals surface area contributed by atoms with Gasteiger partial charge in [0.25, 0.3) is 5.92 Å². The first-order valence-electron chi connectivity index (χ1n) is 6.39. The number of pyridine rings is 1. The van der Waals surface area contributed by atoms with E-state index in [-0.39, 0.29) is 50.5 Å². The first-order valence-corrected chi connectivity index (χ1v) is 6.39. The quantitative estimate of drug-likeness (QED) is 0.669. The summed E-state index contributed by atoms with van der Waals surface area (Å²) in [5.74, 6) is -4.57. The molecule has 2 N–H and O–H groups in total. The number of nitrogens with one attached hydrogen (secondary N) is 1. The summed E-state index contributed by atoms with van der Waals surface area (Å²) in [6.07, 6.45) is 1.31. The zero-order chi connectivity index (χ0) is 15.6. The number of carboxylic acid groups (broad SMARTS) is 1. The summed E-state index contributed by atoms with van der Waals surface area (Å²) in [5.41, 5.74) is -0.0306. The number of nitrogens with zero attached hydrogens (tertiary/aromatic N) is 2. The van der Waals surface area contributed by atoms with Crippen LogP contribution < -0.4 is 24.2 Å². The van der Waals surface area contributed by atoms with E-state index in [0.29, 0.717) is 0 Å². The van der Waals surface area contributed by atoms with Gasteiger partial charge in [0, 0.05) is 19.7 Å². The number of aromatic nitrogens is 1. The molecule has 1 aromatic heterocycles. The van der Waals surface area contributed by atoms with Gasteiger partial charge in [0.1, 0.15) is 5.82 Å². The van der Waals surface area contributed by atoms with Crippen molar-refractivity contribution in [2.75, 3.05) is 18.4 Å². The van der Waals surface area contributed by atoms with Crippen molar-refractivity contribution >= 4 is 17.7 Å². The van der Waals surface area contributed by atoms with Crippen molar-refractivity contribution in [3.05, 3.63) is 23.9 Å². The predicted molar refractivity (Wildman–Crippen MR) is 71.5 cm³/mol. The number of halogens is 2. The topological polar surface area (TPSA) is 82.5 Å². The zero-order valence-corrected chi connectivity index (χ0v) is 12.3. The van der Waals surface area contributed by atoms with Gasteiger partial charge in [0.05, 0.1) is 18.2 Å². The number of likely N-dealkylation sites (tertiary alicyclic amines) is 1. The zero-order valence-electron chi connectivity index (χ0n) is 13.3. The summed E-state index contributed by atoms with van der Waals surface area (Å²) in [6, 6.07) is 1.30. The molecular formula is C13H16F2LiN3O3. The van der Waals surface area contributed by atoms with Gasteiger partial charge in [-0.25, -0.2) is 18.6 Å². The molecule has 0 spiro atoms. The molecule has 1 fully saturated rings. The van der Waals surface area contributed by atoms with Gasteiger partial charge in [0.2, 0.25) is 5.91 Å². The average Bonchev–Trinajstić information content (AvgIpc) is 2.41. The molecule has 116 valence electrons. The number of hydrogen-bond donors (Lipinski definition) is 2. The normalized spacial score (nSPS) is 20.0. The molecule has 22 heavy (non-hydrogen) atoms. The van der Waals surface area contributed by atoms with E-state index < -0.39 is 24.5 Å². The van der Waals surface area contributed by atoms with Crippen molar-refractivity contribution in [3.63, 3.8) is 0 Å². The van der Waals surface area contributed by atoms with Crippen LogP contribution in [0.3, 0.4) is 0 Å². The third-order valence-corrected chi connectivity index (χ3v) is 3.37. The Hall–Kier alpha value is -1.65. The minimum absolute atomic E-state index is 0. The molecule has 1 atom stereocenters. The number of carbonyl (C=O) groups is 2. The summed E-state index contributed by atoms with van der Waals surface area (Å²) < 4.78 is 28.0. The number of anilines is 1. The average molecular weight is 307 g/mol. The van der Waals surface area contributed by atoms with Crippen LogP contribution >= 0.6 is 0 Å². The molecule has 1 aliphatic rings. The Morgan fingerprint density at radius 3 is 2.77 bits per heavy atom. The number of piperidine rings is 1. The van der Waals surface area contributed by atoms with Crippen molar-refractivity contribution < 1.29 is 43.8 Å². The molecule has 1 amide bonds. The first-order chi connectivity index (χ1) is 9.79. The van der Waals surface area contributed by atoms with Gasteiger partial charge in [-0.05, 0) is 18.6 Å². The van der Waals surface area contributed by atoms with Crippen LogP contribution in [-0.4, -0.2) is 51.9 Å². The first kappa shape index (κ1) is 18.4. The van der Waals surface area contributed by atoms with Crippen molar-refractivity contribution in [1.82, 2.24) is 9.88 Å². The maximum Gasteiger partial charge on any atom is 1.00 e. The van der Waals surface area contributed by atoms with Crippen LogP contribution in [0.15, 0.2) is 18.3 Å². The molecule has 0 aliphatic carbocycles. The van der Waals surface area contributed by atoms with Gasteiger partial charge in [-0.3, -0.25) is 4.79 Å². The van der Waals surface area contributed by atoms with E-state index in [4.69, 9.17) is 5.11 Å². The van der Waals surface area contributed by atoms with E-state index in [9.17, 15) is 18.4 Å². The number of aromatic carboxylic acids is 1. The monoisotopic (exact) mass is 307 g/mol. The predicted octanol–water partition coefficient (Wildman–Crippen LogP) is -1.44. The Morgan fingerprint density at radius 2 is 2.23 bits per heavy atom. The summed E-state index contributed by atoms with van der Waals surface area (Å²) in [6.45, 7) is 0.821. The molecule has 0 aromatic carbocycles. The van der Waals surface area contributed by atoms with E-state index in [2.05, 4.69) is 10.3 Å². The Labute approximate surface area is 139 Å². The molecule has 2 rings (SSSR count). The molecule has 0 saturated carbocycles. The second-order valence-electron chi connectivity index (χ2n) is 4.92. The number of carbonyl (C=O) groups excluding carboxylic acids is 1. The maximum atomic E-state index is 14.0. The fourth-order valence-corrected chi connectivity index (χ4v) is 2.21. The molecule has 1 saturated heterocycles. The minimum Gasteiger partial charge on any atom is -1.00 e. The molecular weight excluding hydrogens is 291 g/mol. The largest absolute Gasteiger partial charge is 1.00 e. The molecule has 2 heterocycles. The van der Waals surface area contributed by atoms with E-state index >= 15 is 0 Å². The van der Waals surface area contributed by atoms with Gasteiger partial charge in [-0.2, -0.15) is 0 Å². The van der Waals surface area contributed by atoms with Crippen molar-refractivity contribution in [1.29, 1.82) is 0 Å². The van der Waals surface area contributed by atoms with E-state index in [0.717, 1.165) is 4.90 Å². The number of carboxylic acids is 1. The standard InChI is InChI=1S/C13H15F2N3O3.Li.H/c1-8(19)18-5-3-10(13(14,15)7-18)17-11-6-9(12(20)21)2-4-16-11;;/h2,4,6,10H,3,5,7H2,1H3,(H,16,17)(H,20,21);;/q;+1;-1. The molecule has 1 unspecified atom stereocenters. The second kappa shape index (κ2) is 7.07. The summed E-state index contributed by atoms with van der Waals surface area (Å²) in [5, 5.41) is 11.4. The summed E-state index contributed by atoms with van der Waals surface area (Å²) in [4.78, 5) is 27.0. The Bertz CT molecular complexity index is 577. The third kappa shape index (κ3) is 4.18. The van der Waals surface area contributed by atoms with E-state index in [1.807, 2.05) is 0 Å². The van der Waals surface area contributed by atoms with Crippen LogP contribution in [0.4, 0.5) is 14.6 Å². The fraction of sp³-hybridized carbons (Fsp3) is 0.462. The van der Waals surface area contributed by atoms with Crippen LogP contribution in [0.5, 0.6) is 0 Å². The van der Waals surface area contributed by atoms with Crippen LogP contribution in [-0.2, 0) is 4.79 Å². The van der Waals surface area contributed by atoms with Crippen LogP contribution in [0, 0.1) is 0 Å². The molecule has 1 aromatic rings. The van der Waals surface area contributed by atoms with Crippen molar-refractivity contribution in [2.45, 2.75) is 25.3 Å². The van der Waals surface area contributed by atoms with Gasteiger partial charge >= 0.3 is 24.8 Å². The van der Waals surface area contributed by atoms with Gasteiger partial charge in [0.15, 0.2) is 0 Å². The third-order valence-electron chi connectivity index (χ3n) is 3.37. The van der Waals surface area contributed by atoms with E-state index in [1.54, 1.807) is 0 Å². The maximum absolute atomic E-state index is 14.0. The Morgan fingerprint density at radius 1 is 1.55 bits per heavy atom. The number of hydrogen-bond acceptors (Lipinski definition) is 4. The van der Waals surface area contributed by atoms with Gasteiger partial charge < -0.3 is 16.7 Å². The molecule has 9 heteroatoms. The van der Waals surface area contributed by atoms with E-state index in [1.165, 1.54) is 25.3 Å². The van der Waals surface area contributed by atoms with Crippen LogP contribution in [0.25, 0.3) is 0 Å². The Balaban J connectivity index is 0.00000242. The SMILES string of the molecule is CC(=O)N1CCC(Nc2cc(C(=O)O)ccn2)C(F)(F)C1.[H-].[Li+]. The van der Waals surface area contributed by atoms with Crippen LogP contribution in [0.2, 0.25) is 0 Å². The number of amides is 1. The molecule has 1 aliphatic heterocycles.